The van der Waals surface area contributed by atoms with Crippen LogP contribution in [-0.2, 0) is 4.74 Å². The fourth-order valence-electron chi connectivity index (χ4n) is 0.869. The van der Waals surface area contributed by atoms with Crippen LogP contribution in [0.25, 0.3) is 0 Å². The number of halogens is 2. The lowest BCUT2D eigenvalue weighted by molar-refractivity contribution is 0.0595. The molecule has 0 spiro atoms. The highest BCUT2D eigenvalue weighted by Crippen LogP contribution is 2.17. The minimum absolute atomic E-state index is 0.416. The van der Waals surface area contributed by atoms with E-state index in [2.05, 4.69) is 4.74 Å². The van der Waals surface area contributed by atoms with Crippen LogP contribution in [0.15, 0.2) is 12.1 Å². The molecule has 13 heavy (non-hydrogen) atoms. The molecule has 0 saturated carbocycles. The first-order valence-electron chi connectivity index (χ1n) is 3.39. The minimum Gasteiger partial charge on any atom is -0.465 e. The van der Waals surface area contributed by atoms with Crippen molar-refractivity contribution < 1.29 is 18.3 Å². The number of nitrogen functional groups attached to an aromatic ring is 1. The van der Waals surface area contributed by atoms with E-state index in [-0.39, 0.29) is 0 Å². The van der Waals surface area contributed by atoms with E-state index >= 15 is 0 Å². The summed E-state index contributed by atoms with van der Waals surface area (Å²) >= 11 is 0. The number of methoxy groups -OCH3 is 1. The summed E-state index contributed by atoms with van der Waals surface area (Å²) in [6, 6.07) is 1.53. The third kappa shape index (κ3) is 1.74. The van der Waals surface area contributed by atoms with Crippen LogP contribution in [0.4, 0.5) is 14.5 Å². The molecular formula is C8H7F2NO2. The Morgan fingerprint density at radius 2 is 2.08 bits per heavy atom. The average Bonchev–Trinajstić information content (AvgIpc) is 2.10. The molecule has 0 radical (unpaired) electrons. The SMILES string of the molecule is COC(=O)c1cc(F)cc(N)c1F. The van der Waals surface area contributed by atoms with Crippen LogP contribution in [0.1, 0.15) is 10.4 Å². The normalized spacial score (nSPS) is 9.77. The molecule has 0 amide bonds. The molecule has 5 heteroatoms. The lowest BCUT2D eigenvalue weighted by Gasteiger charge is -2.03. The topological polar surface area (TPSA) is 52.3 Å². The maximum absolute atomic E-state index is 13.0. The van der Waals surface area contributed by atoms with E-state index < -0.39 is 28.9 Å². The molecule has 0 heterocycles. The molecule has 0 fully saturated rings. The van der Waals surface area contributed by atoms with Gasteiger partial charge in [0, 0.05) is 0 Å². The van der Waals surface area contributed by atoms with Crippen molar-refractivity contribution in [2.75, 3.05) is 12.8 Å². The maximum Gasteiger partial charge on any atom is 0.341 e. The molecule has 1 aromatic carbocycles. The molecular weight excluding hydrogens is 180 g/mol. The molecule has 0 unspecified atom stereocenters. The number of benzene rings is 1. The molecule has 0 saturated heterocycles. The first-order chi connectivity index (χ1) is 6.06. The van der Waals surface area contributed by atoms with Gasteiger partial charge in [-0.3, -0.25) is 0 Å². The summed E-state index contributed by atoms with van der Waals surface area (Å²) in [7, 11) is 1.07. The first kappa shape index (κ1) is 9.44. The zero-order valence-electron chi connectivity index (χ0n) is 6.80. The standard InChI is InChI=1S/C8H7F2NO2/c1-13-8(12)5-2-4(9)3-6(11)7(5)10/h2-3H,11H2,1H3. The van der Waals surface area contributed by atoms with Gasteiger partial charge in [-0.2, -0.15) is 0 Å². The van der Waals surface area contributed by atoms with Crippen LogP contribution in [0.2, 0.25) is 0 Å². The summed E-state index contributed by atoms with van der Waals surface area (Å²) in [4.78, 5) is 10.9. The van der Waals surface area contributed by atoms with Gasteiger partial charge in [-0.1, -0.05) is 0 Å². The minimum atomic E-state index is -0.965. The molecule has 3 nitrogen and oxygen atoms in total. The zero-order chi connectivity index (χ0) is 10.0. The highest BCUT2D eigenvalue weighted by Gasteiger charge is 2.15. The molecule has 0 aromatic heterocycles. The number of ether oxygens (including phenoxy) is 1. The first-order valence-corrected chi connectivity index (χ1v) is 3.39. The molecule has 0 aliphatic carbocycles. The van der Waals surface area contributed by atoms with Crippen molar-refractivity contribution in [1.82, 2.24) is 0 Å². The highest BCUT2D eigenvalue weighted by atomic mass is 19.1. The fourth-order valence-corrected chi connectivity index (χ4v) is 0.869. The van der Waals surface area contributed by atoms with Gasteiger partial charge in [0.1, 0.15) is 11.4 Å². The lowest BCUT2D eigenvalue weighted by Crippen LogP contribution is -2.07. The van der Waals surface area contributed by atoms with Crippen LogP contribution < -0.4 is 5.73 Å². The van der Waals surface area contributed by atoms with E-state index in [1.165, 1.54) is 0 Å². The zero-order valence-corrected chi connectivity index (χ0v) is 6.80. The number of nitrogens with two attached hydrogens (primary N) is 1. The van der Waals surface area contributed by atoms with Crippen LogP contribution in [0.5, 0.6) is 0 Å². The number of anilines is 1. The Labute approximate surface area is 73.1 Å². The second kappa shape index (κ2) is 3.38. The average molecular weight is 187 g/mol. The molecule has 0 aliphatic heterocycles. The van der Waals surface area contributed by atoms with E-state index in [1.54, 1.807) is 0 Å². The largest absolute Gasteiger partial charge is 0.465 e. The number of hydrogen-bond acceptors (Lipinski definition) is 3. The molecule has 1 aromatic rings. The number of esters is 1. The van der Waals surface area contributed by atoms with Crippen LogP contribution >= 0.6 is 0 Å². The van der Waals surface area contributed by atoms with Gasteiger partial charge in [-0.25, -0.2) is 13.6 Å². The molecule has 0 bridgehead atoms. The molecule has 0 atom stereocenters. The highest BCUT2D eigenvalue weighted by molar-refractivity contribution is 5.90. The quantitative estimate of drug-likeness (QED) is 0.533. The van der Waals surface area contributed by atoms with E-state index in [9.17, 15) is 13.6 Å². The number of carbonyl (C=O) groups is 1. The second-order valence-electron chi connectivity index (χ2n) is 2.35. The Morgan fingerprint density at radius 3 is 2.62 bits per heavy atom. The number of rotatable bonds is 1. The lowest BCUT2D eigenvalue weighted by atomic mass is 10.2. The summed E-state index contributed by atoms with van der Waals surface area (Å²) in [6.07, 6.45) is 0. The Hall–Kier alpha value is -1.65. The van der Waals surface area contributed by atoms with Gasteiger partial charge >= 0.3 is 5.97 Å². The van der Waals surface area contributed by atoms with E-state index in [1.807, 2.05) is 0 Å². The fraction of sp³-hybridized carbons (Fsp3) is 0.125. The van der Waals surface area contributed by atoms with Crippen LogP contribution in [-0.4, -0.2) is 13.1 Å². The number of carbonyl (C=O) groups excluding carboxylic acids is 1. The smallest absolute Gasteiger partial charge is 0.341 e. The predicted octanol–water partition coefficient (Wildman–Crippen LogP) is 1.33. The summed E-state index contributed by atoms with van der Waals surface area (Å²) in [5.41, 5.74) is 4.17. The van der Waals surface area contributed by atoms with E-state index in [4.69, 9.17) is 5.73 Å². The third-order valence-corrected chi connectivity index (χ3v) is 1.47. The molecule has 70 valence electrons. The predicted molar refractivity (Wildman–Crippen MR) is 42.1 cm³/mol. The Kier molecular flexibility index (Phi) is 2.46. The van der Waals surface area contributed by atoms with Gasteiger partial charge in [0.25, 0.3) is 0 Å². The summed E-state index contributed by atoms with van der Waals surface area (Å²) in [6.45, 7) is 0. The van der Waals surface area contributed by atoms with E-state index in [0.29, 0.717) is 0 Å². The molecule has 2 N–H and O–H groups in total. The van der Waals surface area contributed by atoms with Gasteiger partial charge < -0.3 is 10.5 Å². The van der Waals surface area contributed by atoms with Gasteiger partial charge in [-0.05, 0) is 12.1 Å². The number of hydrogen-bond donors (Lipinski definition) is 1. The summed E-state index contributed by atoms with van der Waals surface area (Å²) < 4.78 is 29.9. The van der Waals surface area contributed by atoms with Gasteiger partial charge in [0.2, 0.25) is 0 Å². The van der Waals surface area contributed by atoms with Crippen molar-refractivity contribution in [3.05, 3.63) is 29.3 Å². The van der Waals surface area contributed by atoms with Crippen LogP contribution in [0.3, 0.4) is 0 Å². The Bertz CT molecular complexity index is 352. The third-order valence-electron chi connectivity index (χ3n) is 1.47. The van der Waals surface area contributed by atoms with Crippen molar-refractivity contribution in [3.63, 3.8) is 0 Å². The summed E-state index contributed by atoms with van der Waals surface area (Å²) in [5, 5.41) is 0. The Morgan fingerprint density at radius 1 is 1.46 bits per heavy atom. The summed E-state index contributed by atoms with van der Waals surface area (Å²) in [5.74, 6) is -2.70. The second-order valence-corrected chi connectivity index (χ2v) is 2.35. The van der Waals surface area contributed by atoms with Gasteiger partial charge in [0.05, 0.1) is 12.8 Å². The Balaban J connectivity index is 3.28. The van der Waals surface area contributed by atoms with Gasteiger partial charge in [0.15, 0.2) is 5.82 Å². The van der Waals surface area contributed by atoms with Crippen molar-refractivity contribution in [3.8, 4) is 0 Å². The maximum atomic E-state index is 13.0. The molecule has 1 rings (SSSR count). The van der Waals surface area contributed by atoms with Crippen molar-refractivity contribution in [2.24, 2.45) is 0 Å². The van der Waals surface area contributed by atoms with Crippen LogP contribution in [0, 0.1) is 11.6 Å². The van der Waals surface area contributed by atoms with Crippen molar-refractivity contribution >= 4 is 11.7 Å². The van der Waals surface area contributed by atoms with Gasteiger partial charge in [-0.15, -0.1) is 0 Å². The van der Waals surface area contributed by atoms with Crippen molar-refractivity contribution in [2.45, 2.75) is 0 Å². The van der Waals surface area contributed by atoms with E-state index in [0.717, 1.165) is 19.2 Å². The van der Waals surface area contributed by atoms with Crippen molar-refractivity contribution in [1.29, 1.82) is 0 Å². The molecule has 0 aliphatic rings. The monoisotopic (exact) mass is 187 g/mol.